The second-order valence-electron chi connectivity index (χ2n) is 4.72. The number of allylic oxidation sites excluding steroid dienone is 1. The first-order valence-electron chi connectivity index (χ1n) is 6.76. The first kappa shape index (κ1) is 16.6. The van der Waals surface area contributed by atoms with Crippen LogP contribution in [0.25, 0.3) is 5.70 Å². The second-order valence-corrected chi connectivity index (χ2v) is 5.68. The van der Waals surface area contributed by atoms with E-state index in [1.165, 1.54) is 10.9 Å². The number of ketones is 1. The molecule has 5 nitrogen and oxygen atoms in total. The molecule has 6 heteroatoms. The van der Waals surface area contributed by atoms with Gasteiger partial charge in [0.15, 0.2) is 6.61 Å². The molecule has 0 saturated carbocycles. The van der Waals surface area contributed by atoms with Crippen LogP contribution in [0.5, 0.6) is 0 Å². The number of carbonyl (C=O) groups excluding carboxylic acids is 1. The van der Waals surface area contributed by atoms with Gasteiger partial charge < -0.3 is 9.84 Å². The standard InChI is InChI=1S/C17H15NO4S/c1-4-10-22-17(21)12(3)18-16(20)11(2)15(23-18)14(19)13-8-6-5-7-9-13/h1,5-9,21H,10H2,2-3H3/b17-12+. The molecule has 0 spiro atoms. The van der Waals surface area contributed by atoms with Crippen molar-refractivity contribution in [2.45, 2.75) is 13.8 Å². The number of carbonyl (C=O) groups is 1. The quantitative estimate of drug-likeness (QED) is 0.520. The number of rotatable bonds is 5. The van der Waals surface area contributed by atoms with E-state index < -0.39 is 5.95 Å². The van der Waals surface area contributed by atoms with Crippen LogP contribution in [0.3, 0.4) is 0 Å². The van der Waals surface area contributed by atoms with E-state index in [1.54, 1.807) is 31.2 Å². The molecule has 0 bridgehead atoms. The van der Waals surface area contributed by atoms with Gasteiger partial charge in [-0.25, -0.2) is 3.96 Å². The summed E-state index contributed by atoms with van der Waals surface area (Å²) in [7, 11) is 0. The molecule has 1 N–H and O–H groups in total. The highest BCUT2D eigenvalue weighted by Crippen LogP contribution is 2.21. The largest absolute Gasteiger partial charge is 0.480 e. The van der Waals surface area contributed by atoms with Crippen LogP contribution >= 0.6 is 11.5 Å². The number of terminal acetylenes is 1. The number of benzene rings is 1. The van der Waals surface area contributed by atoms with Crippen molar-refractivity contribution in [3.05, 3.63) is 62.6 Å². The summed E-state index contributed by atoms with van der Waals surface area (Å²) in [4.78, 5) is 25.2. The first-order valence-corrected chi connectivity index (χ1v) is 7.53. The van der Waals surface area contributed by atoms with Gasteiger partial charge in [0, 0.05) is 11.1 Å². The van der Waals surface area contributed by atoms with Crippen LogP contribution < -0.4 is 5.56 Å². The predicted molar refractivity (Wildman–Crippen MR) is 89.5 cm³/mol. The maximum Gasteiger partial charge on any atom is 0.299 e. The zero-order valence-corrected chi connectivity index (χ0v) is 13.5. The monoisotopic (exact) mass is 329 g/mol. The third-order valence-corrected chi connectivity index (χ3v) is 4.47. The molecule has 0 amide bonds. The SMILES string of the molecule is C#CCO/C(O)=C(\C)n1sc(C(=O)c2ccccc2)c(C)c1=O. The molecule has 0 aliphatic rings. The van der Waals surface area contributed by atoms with Crippen LogP contribution in [0.4, 0.5) is 0 Å². The summed E-state index contributed by atoms with van der Waals surface area (Å²) in [6, 6.07) is 8.70. The molecule has 2 rings (SSSR count). The van der Waals surface area contributed by atoms with Crippen molar-refractivity contribution in [1.29, 1.82) is 0 Å². The van der Waals surface area contributed by atoms with Gasteiger partial charge in [-0.3, -0.25) is 9.59 Å². The van der Waals surface area contributed by atoms with Crippen LogP contribution in [0.2, 0.25) is 0 Å². The van der Waals surface area contributed by atoms with Crippen LogP contribution in [-0.2, 0) is 4.74 Å². The van der Waals surface area contributed by atoms with E-state index in [-0.39, 0.29) is 23.6 Å². The Kier molecular flexibility index (Phi) is 5.04. The van der Waals surface area contributed by atoms with Crippen LogP contribution in [0, 0.1) is 19.3 Å². The smallest absolute Gasteiger partial charge is 0.299 e. The molecule has 2 aromatic rings. The van der Waals surface area contributed by atoms with Crippen molar-refractivity contribution >= 4 is 23.0 Å². The topological polar surface area (TPSA) is 68.5 Å². The van der Waals surface area contributed by atoms with Gasteiger partial charge in [-0.1, -0.05) is 36.3 Å². The van der Waals surface area contributed by atoms with Crippen molar-refractivity contribution < 1.29 is 14.6 Å². The zero-order chi connectivity index (χ0) is 17.0. The molecule has 0 radical (unpaired) electrons. The number of nitrogens with zero attached hydrogens (tertiary/aromatic N) is 1. The Morgan fingerprint density at radius 3 is 2.65 bits per heavy atom. The fourth-order valence-electron chi connectivity index (χ4n) is 1.91. The van der Waals surface area contributed by atoms with Gasteiger partial charge in [-0.15, -0.1) is 6.42 Å². The van der Waals surface area contributed by atoms with E-state index in [4.69, 9.17) is 11.2 Å². The number of aromatic nitrogens is 1. The zero-order valence-electron chi connectivity index (χ0n) is 12.7. The molecule has 23 heavy (non-hydrogen) atoms. The summed E-state index contributed by atoms with van der Waals surface area (Å²) in [5, 5.41) is 9.81. The second kappa shape index (κ2) is 6.99. The Morgan fingerprint density at radius 1 is 1.39 bits per heavy atom. The Balaban J connectivity index is 2.46. The van der Waals surface area contributed by atoms with E-state index in [1.807, 2.05) is 6.07 Å². The first-order chi connectivity index (χ1) is 11.0. The number of aliphatic hydroxyl groups is 1. The minimum absolute atomic E-state index is 0.113. The highest BCUT2D eigenvalue weighted by atomic mass is 32.1. The average Bonchev–Trinajstić information content (AvgIpc) is 2.87. The van der Waals surface area contributed by atoms with E-state index in [2.05, 4.69) is 5.92 Å². The van der Waals surface area contributed by atoms with Crippen molar-refractivity contribution in [1.82, 2.24) is 3.96 Å². The number of hydrogen-bond donors (Lipinski definition) is 1. The van der Waals surface area contributed by atoms with Crippen molar-refractivity contribution in [2.24, 2.45) is 0 Å². The number of ether oxygens (including phenoxy) is 1. The Labute approximate surface area is 137 Å². The molecule has 0 saturated heterocycles. The van der Waals surface area contributed by atoms with Gasteiger partial charge in [0.05, 0.1) is 0 Å². The molecule has 1 heterocycles. The number of aliphatic hydroxyl groups excluding tert-OH is 1. The van der Waals surface area contributed by atoms with Crippen molar-refractivity contribution in [3.63, 3.8) is 0 Å². The Bertz CT molecular complexity index is 853. The van der Waals surface area contributed by atoms with Gasteiger partial charge >= 0.3 is 0 Å². The lowest BCUT2D eigenvalue weighted by molar-refractivity contribution is 0.104. The summed E-state index contributed by atoms with van der Waals surface area (Å²) >= 11 is 0.964. The van der Waals surface area contributed by atoms with E-state index in [0.717, 1.165) is 11.5 Å². The number of hydrogen-bond acceptors (Lipinski definition) is 5. The fraction of sp³-hybridized carbons (Fsp3) is 0.176. The normalized spacial score (nSPS) is 11.5. The summed E-state index contributed by atoms with van der Waals surface area (Å²) in [5.41, 5.74) is 0.638. The highest BCUT2D eigenvalue weighted by Gasteiger charge is 2.21. The molecule has 0 atom stereocenters. The van der Waals surface area contributed by atoms with E-state index in [0.29, 0.717) is 16.0 Å². The third kappa shape index (κ3) is 3.35. The van der Waals surface area contributed by atoms with Crippen molar-refractivity contribution in [2.75, 3.05) is 6.61 Å². The molecule has 0 aliphatic heterocycles. The Morgan fingerprint density at radius 2 is 2.04 bits per heavy atom. The van der Waals surface area contributed by atoms with Crippen LogP contribution in [0.1, 0.15) is 27.7 Å². The molecule has 1 aromatic heterocycles. The lowest BCUT2D eigenvalue weighted by Crippen LogP contribution is -2.15. The van der Waals surface area contributed by atoms with Crippen LogP contribution in [0.15, 0.2) is 41.1 Å². The van der Waals surface area contributed by atoms with E-state index in [9.17, 15) is 14.7 Å². The van der Waals surface area contributed by atoms with Gasteiger partial charge in [0.1, 0.15) is 10.6 Å². The fourth-order valence-corrected chi connectivity index (χ4v) is 2.95. The van der Waals surface area contributed by atoms with Crippen molar-refractivity contribution in [3.8, 4) is 12.3 Å². The summed E-state index contributed by atoms with van der Waals surface area (Å²) < 4.78 is 6.14. The van der Waals surface area contributed by atoms with Gasteiger partial charge in [-0.2, -0.15) is 0 Å². The highest BCUT2D eigenvalue weighted by molar-refractivity contribution is 7.09. The average molecular weight is 329 g/mol. The molecule has 0 aliphatic carbocycles. The molecule has 0 unspecified atom stereocenters. The summed E-state index contributed by atoms with van der Waals surface area (Å²) in [5.74, 6) is 1.55. The lowest BCUT2D eigenvalue weighted by atomic mass is 10.1. The summed E-state index contributed by atoms with van der Waals surface area (Å²) in [6.45, 7) is 2.98. The lowest BCUT2D eigenvalue weighted by Gasteiger charge is -2.05. The van der Waals surface area contributed by atoms with Gasteiger partial charge in [-0.05, 0) is 25.4 Å². The predicted octanol–water partition coefficient (Wildman–Crippen LogP) is 2.80. The van der Waals surface area contributed by atoms with Gasteiger partial charge in [0.2, 0.25) is 5.78 Å². The summed E-state index contributed by atoms with van der Waals surface area (Å²) in [6.07, 6.45) is 5.06. The minimum Gasteiger partial charge on any atom is -0.480 e. The van der Waals surface area contributed by atoms with Gasteiger partial charge in [0.25, 0.3) is 11.5 Å². The molecular formula is C17H15NO4S. The molecule has 1 aromatic carbocycles. The molecule has 118 valence electrons. The molecular weight excluding hydrogens is 314 g/mol. The third-order valence-electron chi connectivity index (χ3n) is 3.18. The maximum atomic E-state index is 12.5. The molecule has 0 fully saturated rings. The van der Waals surface area contributed by atoms with E-state index >= 15 is 0 Å². The maximum absolute atomic E-state index is 12.5. The minimum atomic E-state index is -0.440. The Hall–Kier alpha value is -2.78. The van der Waals surface area contributed by atoms with Crippen LogP contribution in [-0.4, -0.2) is 21.5 Å².